The standard InChI is InChI=1S/C23H30ClN3O5/c1-6-31-21(29)13-27-14-25-18(12-20(27)28)15(2)11-19(16-7-9-17(24)10-8-16)26-22(30)32-23(3,4)5/h7-10,12,14-15,19H,6,11,13H2,1-5H3,(H,26,30)/t15-,19-/m0/s1. The molecule has 1 aromatic heterocycles. The summed E-state index contributed by atoms with van der Waals surface area (Å²) in [4.78, 5) is 40.8. The van der Waals surface area contributed by atoms with Gasteiger partial charge in [-0.25, -0.2) is 9.78 Å². The topological polar surface area (TPSA) is 99.5 Å². The lowest BCUT2D eigenvalue weighted by molar-refractivity contribution is -0.143. The maximum absolute atomic E-state index is 12.4. The van der Waals surface area contributed by atoms with Crippen molar-refractivity contribution in [3.8, 4) is 0 Å². The summed E-state index contributed by atoms with van der Waals surface area (Å²) >= 11 is 6.01. The third kappa shape index (κ3) is 8.00. The zero-order chi connectivity index (χ0) is 23.9. The monoisotopic (exact) mass is 463 g/mol. The molecule has 2 atom stereocenters. The van der Waals surface area contributed by atoms with Gasteiger partial charge in [0.15, 0.2) is 0 Å². The normalized spacial score (nSPS) is 13.2. The van der Waals surface area contributed by atoms with Crippen molar-refractivity contribution in [2.75, 3.05) is 6.61 Å². The number of carbonyl (C=O) groups excluding carboxylic acids is 2. The zero-order valence-electron chi connectivity index (χ0n) is 19.1. The van der Waals surface area contributed by atoms with Gasteiger partial charge in [-0.15, -0.1) is 0 Å². The number of ether oxygens (including phenoxy) is 2. The van der Waals surface area contributed by atoms with Crippen molar-refractivity contribution in [2.24, 2.45) is 0 Å². The number of nitrogens with zero attached hydrogens (tertiary/aromatic N) is 2. The molecule has 1 N–H and O–H groups in total. The maximum atomic E-state index is 12.4. The molecule has 2 rings (SSSR count). The van der Waals surface area contributed by atoms with Crippen LogP contribution in [0.4, 0.5) is 4.79 Å². The van der Waals surface area contributed by atoms with Crippen molar-refractivity contribution in [3.05, 3.63) is 63.3 Å². The second-order valence-corrected chi connectivity index (χ2v) is 8.91. The second-order valence-electron chi connectivity index (χ2n) is 8.47. The summed E-state index contributed by atoms with van der Waals surface area (Å²) in [6.45, 7) is 9.04. The van der Waals surface area contributed by atoms with Crippen LogP contribution in [0.15, 0.2) is 41.5 Å². The number of carbonyl (C=O) groups is 2. The minimum Gasteiger partial charge on any atom is -0.465 e. The highest BCUT2D eigenvalue weighted by Crippen LogP contribution is 2.28. The molecule has 0 bridgehead atoms. The summed E-state index contributed by atoms with van der Waals surface area (Å²) in [5.41, 5.74) is 0.423. The SMILES string of the molecule is CCOC(=O)Cn1cnc([C@@H](C)C[C@H](NC(=O)OC(C)(C)C)c2ccc(Cl)cc2)cc1=O. The first-order valence-corrected chi connectivity index (χ1v) is 10.8. The third-order valence-electron chi connectivity index (χ3n) is 4.56. The average molecular weight is 464 g/mol. The molecule has 0 aliphatic rings. The summed E-state index contributed by atoms with van der Waals surface area (Å²) < 4.78 is 11.5. The predicted molar refractivity (Wildman–Crippen MR) is 122 cm³/mol. The molecule has 0 saturated heterocycles. The fraction of sp³-hybridized carbons (Fsp3) is 0.478. The van der Waals surface area contributed by atoms with Crippen LogP contribution in [0.2, 0.25) is 5.02 Å². The predicted octanol–water partition coefficient (Wildman–Crippen LogP) is 4.22. The summed E-state index contributed by atoms with van der Waals surface area (Å²) in [6, 6.07) is 8.18. The number of benzene rings is 1. The van der Waals surface area contributed by atoms with Crippen LogP contribution in [0.3, 0.4) is 0 Å². The van der Waals surface area contributed by atoms with Gasteiger partial charge in [0.05, 0.1) is 24.7 Å². The van der Waals surface area contributed by atoms with Crippen LogP contribution < -0.4 is 10.9 Å². The number of nitrogens with one attached hydrogen (secondary N) is 1. The Morgan fingerprint density at radius 1 is 1.22 bits per heavy atom. The average Bonchev–Trinajstić information content (AvgIpc) is 2.68. The highest BCUT2D eigenvalue weighted by molar-refractivity contribution is 6.30. The summed E-state index contributed by atoms with van der Waals surface area (Å²) in [5.74, 6) is -0.669. The van der Waals surface area contributed by atoms with Gasteiger partial charge in [0.2, 0.25) is 0 Å². The van der Waals surface area contributed by atoms with E-state index in [-0.39, 0.29) is 30.7 Å². The maximum Gasteiger partial charge on any atom is 0.408 e. The highest BCUT2D eigenvalue weighted by Gasteiger charge is 2.23. The van der Waals surface area contributed by atoms with Gasteiger partial charge < -0.3 is 14.8 Å². The Balaban J connectivity index is 2.19. The zero-order valence-corrected chi connectivity index (χ0v) is 19.8. The Morgan fingerprint density at radius 2 is 1.88 bits per heavy atom. The fourth-order valence-electron chi connectivity index (χ4n) is 3.07. The van der Waals surface area contributed by atoms with E-state index in [2.05, 4.69) is 10.3 Å². The minimum atomic E-state index is -0.634. The summed E-state index contributed by atoms with van der Waals surface area (Å²) in [6.07, 6.45) is 1.27. The largest absolute Gasteiger partial charge is 0.465 e. The van der Waals surface area contributed by atoms with Crippen LogP contribution in [0.1, 0.15) is 64.3 Å². The molecule has 1 aromatic carbocycles. The van der Waals surface area contributed by atoms with E-state index in [0.717, 1.165) is 5.56 Å². The molecule has 174 valence electrons. The van der Waals surface area contributed by atoms with Crippen LogP contribution in [-0.4, -0.2) is 33.8 Å². The number of hydrogen-bond acceptors (Lipinski definition) is 6. The lowest BCUT2D eigenvalue weighted by Gasteiger charge is -2.25. The van der Waals surface area contributed by atoms with Gasteiger partial charge in [-0.2, -0.15) is 0 Å². The van der Waals surface area contributed by atoms with Crippen LogP contribution in [-0.2, 0) is 20.8 Å². The molecule has 1 amide bonds. The molecule has 0 aliphatic carbocycles. The number of hydrogen-bond donors (Lipinski definition) is 1. The first-order valence-electron chi connectivity index (χ1n) is 10.5. The van der Waals surface area contributed by atoms with Crippen LogP contribution in [0.25, 0.3) is 0 Å². The summed E-state index contributed by atoms with van der Waals surface area (Å²) in [7, 11) is 0. The molecule has 0 aliphatic heterocycles. The van der Waals surface area contributed by atoms with E-state index in [9.17, 15) is 14.4 Å². The number of rotatable bonds is 8. The van der Waals surface area contributed by atoms with Gasteiger partial charge in [0, 0.05) is 17.0 Å². The Labute approximate surface area is 192 Å². The summed E-state index contributed by atoms with van der Waals surface area (Å²) in [5, 5.41) is 3.49. The molecule has 0 saturated carbocycles. The number of halogens is 1. The first-order chi connectivity index (χ1) is 15.0. The molecule has 0 unspecified atom stereocenters. The molecular weight excluding hydrogens is 434 g/mol. The Kier molecular flexibility index (Phi) is 8.83. The first kappa shape index (κ1) is 25.4. The van der Waals surface area contributed by atoms with Gasteiger partial charge in [-0.05, 0) is 51.8 Å². The van der Waals surface area contributed by atoms with Crippen molar-refractivity contribution in [1.82, 2.24) is 14.9 Å². The molecule has 0 radical (unpaired) electrons. The lowest BCUT2D eigenvalue weighted by Crippen LogP contribution is -2.35. The molecular formula is C23H30ClN3O5. The van der Waals surface area contributed by atoms with E-state index < -0.39 is 17.7 Å². The van der Waals surface area contributed by atoms with Crippen LogP contribution in [0.5, 0.6) is 0 Å². The van der Waals surface area contributed by atoms with E-state index in [1.807, 2.05) is 19.1 Å². The smallest absolute Gasteiger partial charge is 0.408 e. The van der Waals surface area contributed by atoms with E-state index >= 15 is 0 Å². The van der Waals surface area contributed by atoms with Gasteiger partial charge in [-0.3, -0.25) is 14.2 Å². The van der Waals surface area contributed by atoms with E-state index in [0.29, 0.717) is 17.1 Å². The second kappa shape index (κ2) is 11.1. The van der Waals surface area contributed by atoms with E-state index in [4.69, 9.17) is 21.1 Å². The molecule has 0 fully saturated rings. The molecule has 2 aromatic rings. The van der Waals surface area contributed by atoms with Gasteiger partial charge in [0.25, 0.3) is 5.56 Å². The van der Waals surface area contributed by atoms with Crippen molar-refractivity contribution in [2.45, 2.75) is 65.1 Å². The number of esters is 1. The molecule has 1 heterocycles. The molecule has 0 spiro atoms. The Hall–Kier alpha value is -2.87. The van der Waals surface area contributed by atoms with E-state index in [1.54, 1.807) is 39.8 Å². The molecule has 32 heavy (non-hydrogen) atoms. The Morgan fingerprint density at radius 3 is 2.44 bits per heavy atom. The fourth-order valence-corrected chi connectivity index (χ4v) is 3.20. The lowest BCUT2D eigenvalue weighted by atomic mass is 9.93. The van der Waals surface area contributed by atoms with Gasteiger partial charge in [-0.1, -0.05) is 30.7 Å². The minimum absolute atomic E-state index is 0.171. The number of alkyl carbamates (subject to hydrolysis) is 1. The van der Waals surface area contributed by atoms with E-state index in [1.165, 1.54) is 17.0 Å². The number of amides is 1. The molecule has 9 heteroatoms. The van der Waals surface area contributed by atoms with Crippen molar-refractivity contribution < 1.29 is 19.1 Å². The van der Waals surface area contributed by atoms with Crippen molar-refractivity contribution in [1.29, 1.82) is 0 Å². The van der Waals surface area contributed by atoms with Crippen molar-refractivity contribution in [3.63, 3.8) is 0 Å². The third-order valence-corrected chi connectivity index (χ3v) is 4.81. The number of aromatic nitrogens is 2. The Bertz CT molecular complexity index is 982. The van der Waals surface area contributed by atoms with Crippen molar-refractivity contribution >= 4 is 23.7 Å². The quantitative estimate of drug-likeness (QED) is 0.588. The van der Waals surface area contributed by atoms with Crippen LogP contribution >= 0.6 is 11.6 Å². The van der Waals surface area contributed by atoms with Gasteiger partial charge in [0.1, 0.15) is 12.1 Å². The highest BCUT2D eigenvalue weighted by atomic mass is 35.5. The molecule has 8 nitrogen and oxygen atoms in total. The van der Waals surface area contributed by atoms with Gasteiger partial charge >= 0.3 is 12.1 Å². The van der Waals surface area contributed by atoms with Crippen LogP contribution in [0, 0.1) is 0 Å².